The summed E-state index contributed by atoms with van der Waals surface area (Å²) in [5.41, 5.74) is 2.58. The van der Waals surface area contributed by atoms with Crippen LogP contribution in [0.15, 0.2) is 10.3 Å². The fraction of sp³-hybridized carbons (Fsp3) is 0.933. The molecule has 0 heterocycles. The molecule has 4 rings (SSSR count). The molecule has 4 aliphatic carbocycles. The van der Waals surface area contributed by atoms with Crippen molar-refractivity contribution in [2.45, 2.75) is 118 Å². The third kappa shape index (κ3) is 6.77. The van der Waals surface area contributed by atoms with E-state index in [2.05, 4.69) is 58.3 Å². The van der Waals surface area contributed by atoms with Gasteiger partial charge in [-0.25, -0.2) is 0 Å². The molecule has 0 spiro atoms. The second kappa shape index (κ2) is 12.0. The zero-order valence-electron chi connectivity index (χ0n) is 25.8. The van der Waals surface area contributed by atoms with Crippen LogP contribution in [0.4, 0.5) is 0 Å². The number of hydrogen-bond acceptors (Lipinski definition) is 6. The van der Waals surface area contributed by atoms with Crippen molar-refractivity contribution in [2.24, 2.45) is 51.2 Å². The normalized spacial score (nSPS) is 38.9. The lowest BCUT2D eigenvalue weighted by Gasteiger charge is -2.56. The van der Waals surface area contributed by atoms with Crippen molar-refractivity contribution in [1.29, 1.82) is 0 Å². The van der Waals surface area contributed by atoms with Crippen molar-refractivity contribution in [3.05, 3.63) is 0 Å². The molecule has 6 nitrogen and oxygen atoms in total. The van der Waals surface area contributed by atoms with E-state index in [1.165, 1.54) is 50.7 Å². The quantitative estimate of drug-likeness (QED) is 0.155. The third-order valence-corrected chi connectivity index (χ3v) is 11.9. The summed E-state index contributed by atoms with van der Waals surface area (Å²) < 4.78 is 13.0. The fourth-order valence-corrected chi connectivity index (χ4v) is 10.4. The van der Waals surface area contributed by atoms with Crippen molar-refractivity contribution >= 4 is 28.1 Å². The molecule has 0 aromatic rings. The monoisotopic (exact) mass is 564 g/mol. The first-order chi connectivity index (χ1) is 17.9. The first-order valence-electron chi connectivity index (χ1n) is 15.6. The molecule has 0 aromatic heterocycles. The topological polar surface area (TPSA) is 61.6 Å². The van der Waals surface area contributed by atoms with Crippen LogP contribution in [-0.4, -0.2) is 54.0 Å². The van der Waals surface area contributed by atoms with Crippen LogP contribution in [0.5, 0.6) is 0 Å². The van der Waals surface area contributed by atoms with Gasteiger partial charge in [-0.05, 0) is 134 Å². The second-order valence-electron chi connectivity index (χ2n) is 14.7. The Morgan fingerprint density at radius 2 is 1.58 bits per heavy atom. The van der Waals surface area contributed by atoms with Crippen LogP contribution in [0.25, 0.3) is 0 Å². The van der Waals surface area contributed by atoms with Crippen molar-refractivity contribution in [3.8, 4) is 0 Å². The zero-order chi connectivity index (χ0) is 27.7. The lowest BCUT2D eigenvalue weighted by Crippen LogP contribution is -2.54. The molecule has 4 saturated carbocycles. The summed E-state index contributed by atoms with van der Waals surface area (Å²) in [4.78, 5) is 11.5. The summed E-state index contributed by atoms with van der Waals surface area (Å²) >= 11 is 0. The molecule has 0 radical (unpaired) electrons. The Morgan fingerprint density at radius 3 is 2.24 bits per heavy atom. The van der Waals surface area contributed by atoms with Gasteiger partial charge in [-0.15, -0.1) is 0 Å². The van der Waals surface area contributed by atoms with Gasteiger partial charge in [0.25, 0.3) is 0 Å². The van der Waals surface area contributed by atoms with E-state index in [4.69, 9.17) is 23.7 Å². The minimum atomic E-state index is -1.67. The minimum Gasteiger partial charge on any atom is -0.415 e. The van der Waals surface area contributed by atoms with Gasteiger partial charge < -0.3 is 18.5 Å². The highest BCUT2D eigenvalue weighted by atomic mass is 28.4. The summed E-state index contributed by atoms with van der Waals surface area (Å²) in [6.07, 6.45) is 10.3. The van der Waals surface area contributed by atoms with E-state index < -0.39 is 16.6 Å². The second-order valence-corrected chi connectivity index (χ2v) is 23.7. The summed E-state index contributed by atoms with van der Waals surface area (Å²) in [6, 6.07) is 0. The van der Waals surface area contributed by atoms with E-state index in [1.807, 2.05) is 6.92 Å². The first-order valence-corrected chi connectivity index (χ1v) is 22.4. The van der Waals surface area contributed by atoms with Gasteiger partial charge >= 0.3 is 0 Å². The third-order valence-electron chi connectivity index (χ3n) is 9.86. The molecule has 8 atom stereocenters. The van der Waals surface area contributed by atoms with Crippen LogP contribution in [-0.2, 0) is 18.5 Å². The van der Waals surface area contributed by atoms with Gasteiger partial charge in [0.15, 0.2) is 16.6 Å². The predicted octanol–water partition coefficient (Wildman–Crippen LogP) is 7.72. The van der Waals surface area contributed by atoms with E-state index in [0.717, 1.165) is 24.0 Å². The van der Waals surface area contributed by atoms with Gasteiger partial charge in [-0.2, -0.15) is 0 Å². The average Bonchev–Trinajstić information content (AvgIpc) is 3.17. The molecule has 8 heteroatoms. The van der Waals surface area contributed by atoms with E-state index in [1.54, 1.807) is 0 Å². The van der Waals surface area contributed by atoms with Crippen LogP contribution in [0, 0.1) is 40.9 Å². The predicted molar refractivity (Wildman–Crippen MR) is 162 cm³/mol. The van der Waals surface area contributed by atoms with E-state index in [0.29, 0.717) is 49.6 Å². The maximum Gasteiger partial charge on any atom is 0.184 e. The summed E-state index contributed by atoms with van der Waals surface area (Å²) in [7, 11) is -3.18. The van der Waals surface area contributed by atoms with Crippen molar-refractivity contribution < 1.29 is 18.5 Å². The standard InChI is InChI=1S/C30H56N2O4Si2/c1-10-33-31-27-19-30(3)25(16-17-26(30)28(32-34-11-2)20-35-37(4,5)6)24-14-12-21-18-22(36-38(7,8)9)13-15-23(21)29(24)27/h21-26,29H,10-20H2,1-9H3/b31-27+,32-28+/t21-,22-,23?,24?,25?,26-,29?,30+/m1/s1. The molecule has 4 fully saturated rings. The minimum absolute atomic E-state index is 0.126. The van der Waals surface area contributed by atoms with Gasteiger partial charge in [-0.1, -0.05) is 17.2 Å². The summed E-state index contributed by atoms with van der Waals surface area (Å²) in [5.74, 6) is 3.83. The average molecular weight is 565 g/mol. The molecular weight excluding hydrogens is 509 g/mol. The summed E-state index contributed by atoms with van der Waals surface area (Å²) in [6.45, 7) is 22.2. The van der Waals surface area contributed by atoms with Gasteiger partial charge in [0, 0.05) is 17.9 Å². The van der Waals surface area contributed by atoms with E-state index in [9.17, 15) is 0 Å². The van der Waals surface area contributed by atoms with Crippen LogP contribution in [0.3, 0.4) is 0 Å². The van der Waals surface area contributed by atoms with Crippen molar-refractivity contribution in [1.82, 2.24) is 0 Å². The smallest absolute Gasteiger partial charge is 0.184 e. The van der Waals surface area contributed by atoms with Crippen LogP contribution in [0.2, 0.25) is 39.3 Å². The molecule has 218 valence electrons. The number of oxime groups is 2. The van der Waals surface area contributed by atoms with Gasteiger partial charge in [0.05, 0.1) is 18.0 Å². The number of fused-ring (bicyclic) bond motifs is 5. The Kier molecular flexibility index (Phi) is 9.58. The lowest BCUT2D eigenvalue weighted by atomic mass is 9.49. The van der Waals surface area contributed by atoms with Crippen LogP contribution >= 0.6 is 0 Å². The van der Waals surface area contributed by atoms with Gasteiger partial charge in [0.1, 0.15) is 13.2 Å². The molecule has 0 bridgehead atoms. The van der Waals surface area contributed by atoms with E-state index in [-0.39, 0.29) is 5.41 Å². The van der Waals surface area contributed by atoms with E-state index >= 15 is 0 Å². The maximum absolute atomic E-state index is 6.61. The Balaban J connectivity index is 1.59. The Hall–Kier alpha value is -0.706. The first kappa shape index (κ1) is 30.3. The van der Waals surface area contributed by atoms with Crippen LogP contribution in [0.1, 0.15) is 72.1 Å². The number of hydrogen-bond donors (Lipinski definition) is 0. The van der Waals surface area contributed by atoms with Gasteiger partial charge in [0.2, 0.25) is 0 Å². The molecule has 0 aliphatic heterocycles. The molecule has 4 unspecified atom stereocenters. The Morgan fingerprint density at radius 1 is 0.868 bits per heavy atom. The number of rotatable bonds is 10. The highest BCUT2D eigenvalue weighted by Gasteiger charge is 2.60. The Labute approximate surface area is 234 Å². The lowest BCUT2D eigenvalue weighted by molar-refractivity contribution is -0.0246. The van der Waals surface area contributed by atoms with Gasteiger partial charge in [-0.3, -0.25) is 0 Å². The molecule has 0 amide bonds. The molecule has 0 aromatic carbocycles. The fourth-order valence-electron chi connectivity index (χ4n) is 8.65. The summed E-state index contributed by atoms with van der Waals surface area (Å²) in [5, 5.41) is 9.59. The SMILES string of the molecule is CCO/N=C(\CO[Si](C)(C)C)[C@H]1CCC2C3CC[C@@H]4C[C@H](O[Si](C)(C)C)CCC4C3/C(=N/OCC)C[C@@]21C. The molecular formula is C30H56N2O4Si2. The highest BCUT2D eigenvalue weighted by molar-refractivity contribution is 6.70. The van der Waals surface area contributed by atoms with Crippen LogP contribution < -0.4 is 0 Å². The van der Waals surface area contributed by atoms with Crippen molar-refractivity contribution in [2.75, 3.05) is 19.8 Å². The molecule has 38 heavy (non-hydrogen) atoms. The zero-order valence-corrected chi connectivity index (χ0v) is 27.8. The largest absolute Gasteiger partial charge is 0.415 e. The highest BCUT2D eigenvalue weighted by Crippen LogP contribution is 2.63. The number of nitrogens with zero attached hydrogens (tertiary/aromatic N) is 2. The maximum atomic E-state index is 6.61. The Bertz CT molecular complexity index is 867. The molecule has 4 aliphatic rings. The molecule has 0 saturated heterocycles. The molecule has 0 N–H and O–H groups in total. The van der Waals surface area contributed by atoms with Crippen molar-refractivity contribution in [3.63, 3.8) is 0 Å².